The second-order valence-corrected chi connectivity index (χ2v) is 7.08. The van der Waals surface area contributed by atoms with Crippen LogP contribution in [-0.2, 0) is 9.53 Å². The van der Waals surface area contributed by atoms with E-state index in [1.165, 1.54) is 5.38 Å². The predicted octanol–water partition coefficient (Wildman–Crippen LogP) is 4.01. The molecule has 0 unspecified atom stereocenters. The molecule has 9 nitrogen and oxygen atoms in total. The maximum Gasteiger partial charge on any atom is 0.357 e. The van der Waals surface area contributed by atoms with Crippen LogP contribution in [-0.4, -0.2) is 47.8 Å². The number of hydrogen-bond acceptors (Lipinski definition) is 7. The third kappa shape index (κ3) is 7.03. The molecule has 0 saturated heterocycles. The first-order valence-electron chi connectivity index (χ1n) is 9.60. The molecule has 1 heterocycles. The van der Waals surface area contributed by atoms with Crippen LogP contribution in [0.3, 0.4) is 0 Å². The van der Waals surface area contributed by atoms with Gasteiger partial charge in [-0.3, -0.25) is 10.2 Å². The molecule has 10 heteroatoms. The van der Waals surface area contributed by atoms with Gasteiger partial charge in [-0.15, -0.1) is 11.3 Å². The number of aromatic nitrogens is 1. The number of carboxylic acids is 1. The number of anilines is 2. The Morgan fingerprint density at radius 1 is 1.17 bits per heavy atom. The van der Waals surface area contributed by atoms with Crippen LogP contribution in [0.15, 0.2) is 29.6 Å². The second kappa shape index (κ2) is 11.8. The van der Waals surface area contributed by atoms with Crippen LogP contribution >= 0.6 is 11.3 Å². The molecule has 2 amide bonds. The van der Waals surface area contributed by atoms with E-state index in [-0.39, 0.29) is 18.3 Å². The van der Waals surface area contributed by atoms with Crippen molar-refractivity contribution in [3.8, 4) is 5.75 Å². The van der Waals surface area contributed by atoms with Crippen molar-refractivity contribution in [2.24, 2.45) is 0 Å². The number of hydrogen-bond donors (Lipinski definition) is 2. The normalized spacial score (nSPS) is 10.3. The summed E-state index contributed by atoms with van der Waals surface area (Å²) in [5.41, 5.74) is 0.781. The van der Waals surface area contributed by atoms with Gasteiger partial charge in [0.1, 0.15) is 5.75 Å². The number of ether oxygens (including phenoxy) is 2. The highest BCUT2D eigenvalue weighted by Crippen LogP contribution is 2.23. The van der Waals surface area contributed by atoms with Gasteiger partial charge in [-0.1, -0.05) is 19.8 Å². The number of urea groups is 1. The van der Waals surface area contributed by atoms with E-state index in [0.717, 1.165) is 30.6 Å². The molecule has 0 bridgehead atoms. The Balaban J connectivity index is 2.10. The maximum absolute atomic E-state index is 12.9. The summed E-state index contributed by atoms with van der Waals surface area (Å²) in [4.78, 5) is 40.9. The molecule has 162 valence electrons. The Labute approximate surface area is 178 Å². The summed E-state index contributed by atoms with van der Waals surface area (Å²) in [6.07, 6.45) is 2.79. The largest absolute Gasteiger partial charge is 0.482 e. The zero-order chi connectivity index (χ0) is 21.9. The first-order chi connectivity index (χ1) is 14.4. The highest BCUT2D eigenvalue weighted by Gasteiger charge is 2.19. The van der Waals surface area contributed by atoms with Crippen molar-refractivity contribution in [1.29, 1.82) is 0 Å². The van der Waals surface area contributed by atoms with E-state index in [4.69, 9.17) is 14.6 Å². The van der Waals surface area contributed by atoms with E-state index < -0.39 is 18.5 Å². The smallest absolute Gasteiger partial charge is 0.357 e. The SMILES string of the molecule is CCCCCN(C(=O)Nc1nc(C(=O)OCC)cs1)c1ccc(OCC(=O)O)cc1. The van der Waals surface area contributed by atoms with Gasteiger partial charge < -0.3 is 14.6 Å². The fraction of sp³-hybridized carbons (Fsp3) is 0.400. The van der Waals surface area contributed by atoms with Gasteiger partial charge in [0.2, 0.25) is 0 Å². The molecule has 0 spiro atoms. The summed E-state index contributed by atoms with van der Waals surface area (Å²) in [5, 5.41) is 13.2. The van der Waals surface area contributed by atoms with Gasteiger partial charge in [0, 0.05) is 17.6 Å². The molecule has 2 aromatic rings. The Morgan fingerprint density at radius 3 is 2.53 bits per heavy atom. The van der Waals surface area contributed by atoms with Crippen LogP contribution in [0.2, 0.25) is 0 Å². The van der Waals surface area contributed by atoms with E-state index in [1.54, 1.807) is 36.1 Å². The number of esters is 1. The average molecular weight is 436 g/mol. The standard InChI is InChI=1S/C20H25N3O6S/c1-3-5-6-11-23(14-7-9-15(10-8-14)29-12-17(24)25)20(27)22-19-21-16(13-30-19)18(26)28-4-2/h7-10,13H,3-6,11-12H2,1-2H3,(H,24,25)(H,21,22,27). The minimum Gasteiger partial charge on any atom is -0.482 e. The number of nitrogens with zero attached hydrogens (tertiary/aromatic N) is 2. The van der Waals surface area contributed by atoms with Crippen molar-refractivity contribution in [3.05, 3.63) is 35.3 Å². The van der Waals surface area contributed by atoms with E-state index in [9.17, 15) is 14.4 Å². The third-order valence-electron chi connectivity index (χ3n) is 3.94. The number of carbonyl (C=O) groups excluding carboxylic acids is 2. The van der Waals surface area contributed by atoms with Crippen molar-refractivity contribution in [2.45, 2.75) is 33.1 Å². The van der Waals surface area contributed by atoms with Crippen LogP contribution in [0.4, 0.5) is 15.6 Å². The highest BCUT2D eigenvalue weighted by atomic mass is 32.1. The Hall–Kier alpha value is -3.14. The predicted molar refractivity (Wildman–Crippen MR) is 114 cm³/mol. The number of rotatable bonds is 11. The lowest BCUT2D eigenvalue weighted by Crippen LogP contribution is -2.35. The molecular weight excluding hydrogens is 410 g/mol. The molecule has 2 N–H and O–H groups in total. The molecule has 1 aromatic carbocycles. The molecule has 0 saturated carbocycles. The number of nitrogens with one attached hydrogen (secondary N) is 1. The monoisotopic (exact) mass is 435 g/mol. The van der Waals surface area contributed by atoms with E-state index in [1.807, 2.05) is 0 Å². The number of carbonyl (C=O) groups is 3. The van der Waals surface area contributed by atoms with Crippen LogP contribution in [0.5, 0.6) is 5.75 Å². The fourth-order valence-electron chi connectivity index (χ4n) is 2.52. The quantitative estimate of drug-likeness (QED) is 0.404. The number of unbranched alkanes of at least 4 members (excludes halogenated alkanes) is 2. The summed E-state index contributed by atoms with van der Waals surface area (Å²) >= 11 is 1.14. The number of benzene rings is 1. The van der Waals surface area contributed by atoms with Crippen molar-refractivity contribution in [2.75, 3.05) is 30.0 Å². The van der Waals surface area contributed by atoms with Gasteiger partial charge in [-0.05, 0) is 37.6 Å². The molecule has 0 atom stereocenters. The molecule has 0 aliphatic rings. The lowest BCUT2D eigenvalue weighted by Gasteiger charge is -2.23. The van der Waals surface area contributed by atoms with Gasteiger partial charge in [0.25, 0.3) is 0 Å². The highest BCUT2D eigenvalue weighted by molar-refractivity contribution is 7.14. The Morgan fingerprint density at radius 2 is 1.90 bits per heavy atom. The molecule has 0 radical (unpaired) electrons. The first kappa shape index (κ1) is 23.1. The van der Waals surface area contributed by atoms with Crippen molar-refractivity contribution in [3.63, 3.8) is 0 Å². The summed E-state index contributed by atoms with van der Waals surface area (Å²) in [7, 11) is 0. The summed E-state index contributed by atoms with van der Waals surface area (Å²) in [6, 6.07) is 6.22. The minimum atomic E-state index is -1.06. The van der Waals surface area contributed by atoms with Crippen LogP contribution in [0.25, 0.3) is 0 Å². The molecule has 0 fully saturated rings. The molecular formula is C20H25N3O6S. The molecule has 1 aromatic heterocycles. The summed E-state index contributed by atoms with van der Waals surface area (Å²) in [6.45, 7) is 4.08. The minimum absolute atomic E-state index is 0.148. The third-order valence-corrected chi connectivity index (χ3v) is 4.70. The van der Waals surface area contributed by atoms with E-state index in [2.05, 4.69) is 17.2 Å². The van der Waals surface area contributed by atoms with Crippen molar-refractivity contribution < 1.29 is 29.0 Å². The zero-order valence-electron chi connectivity index (χ0n) is 16.9. The lowest BCUT2D eigenvalue weighted by molar-refractivity contribution is -0.139. The van der Waals surface area contributed by atoms with E-state index in [0.29, 0.717) is 23.1 Å². The van der Waals surface area contributed by atoms with Gasteiger partial charge >= 0.3 is 18.0 Å². The fourth-order valence-corrected chi connectivity index (χ4v) is 3.19. The van der Waals surface area contributed by atoms with E-state index >= 15 is 0 Å². The molecule has 2 rings (SSSR count). The average Bonchev–Trinajstić information content (AvgIpc) is 3.19. The number of carboxylic acid groups (broad SMARTS) is 1. The molecule has 0 aliphatic heterocycles. The topological polar surface area (TPSA) is 118 Å². The van der Waals surface area contributed by atoms with Gasteiger partial charge in [-0.25, -0.2) is 19.4 Å². The Kier molecular flexibility index (Phi) is 9.07. The van der Waals surface area contributed by atoms with Gasteiger partial charge in [0.15, 0.2) is 17.4 Å². The summed E-state index contributed by atoms with van der Waals surface area (Å²) < 4.78 is 10.0. The molecule has 0 aliphatic carbocycles. The summed E-state index contributed by atoms with van der Waals surface area (Å²) in [5.74, 6) is -1.20. The maximum atomic E-state index is 12.9. The van der Waals surface area contributed by atoms with Crippen LogP contribution in [0, 0.1) is 0 Å². The van der Waals surface area contributed by atoms with Crippen molar-refractivity contribution >= 4 is 40.1 Å². The van der Waals surface area contributed by atoms with Gasteiger partial charge in [0.05, 0.1) is 6.61 Å². The van der Waals surface area contributed by atoms with Crippen molar-refractivity contribution in [1.82, 2.24) is 4.98 Å². The van der Waals surface area contributed by atoms with Crippen LogP contribution < -0.4 is 15.0 Å². The van der Waals surface area contributed by atoms with Gasteiger partial charge in [-0.2, -0.15) is 0 Å². The Bertz CT molecular complexity index is 852. The van der Waals surface area contributed by atoms with Crippen LogP contribution in [0.1, 0.15) is 43.6 Å². The number of thiazole rings is 1. The second-order valence-electron chi connectivity index (χ2n) is 6.22. The molecule has 30 heavy (non-hydrogen) atoms. The first-order valence-corrected chi connectivity index (χ1v) is 10.5. The zero-order valence-corrected chi connectivity index (χ0v) is 17.7. The number of aliphatic carboxylic acids is 1. The lowest BCUT2D eigenvalue weighted by atomic mass is 10.2. The number of amides is 2.